The van der Waals surface area contributed by atoms with Crippen LogP contribution in [-0.2, 0) is 4.79 Å². The fourth-order valence-electron chi connectivity index (χ4n) is 3.79. The molecule has 1 aliphatic carbocycles. The van der Waals surface area contributed by atoms with Crippen LogP contribution in [0.3, 0.4) is 0 Å². The number of nitrogens with zero attached hydrogens (tertiary/aromatic N) is 1. The Labute approximate surface area is 165 Å². The molecule has 0 aromatic heterocycles. The summed E-state index contributed by atoms with van der Waals surface area (Å²) in [6, 6.07) is 3.46. The normalized spacial score (nSPS) is 19.6. The predicted molar refractivity (Wildman–Crippen MR) is 107 cm³/mol. The fraction of sp³-hybridized carbons (Fsp3) is 0.500. The molecule has 0 saturated heterocycles. The molecule has 1 atom stereocenters. The van der Waals surface area contributed by atoms with E-state index in [1.807, 2.05) is 30.9 Å². The van der Waals surface area contributed by atoms with Gasteiger partial charge in [0.25, 0.3) is 0 Å². The predicted octanol–water partition coefficient (Wildman–Crippen LogP) is 3.36. The molecule has 0 saturated carbocycles. The average Bonchev–Trinajstić information content (AvgIpc) is 2.67. The Hall–Kier alpha value is -2.28. The lowest BCUT2D eigenvalue weighted by atomic mass is 9.84. The monoisotopic (exact) mass is 390 g/mol. The second-order valence-corrected chi connectivity index (χ2v) is 6.84. The molecular formula is C20H26N2O4S. The second kappa shape index (κ2) is 8.17. The zero-order chi connectivity index (χ0) is 19.6. The van der Waals surface area contributed by atoms with Crippen LogP contribution in [0, 0.1) is 0 Å². The standard InChI is InChI=1S/C20H26N2O4S/c1-5-22-13-8-7-9-14(23)17(13)18(21-20(22)27)12-10-15(24-3)19(26-6-2)16(11-12)25-4/h10-11,18H,5-9H2,1-4H3,(H,21,27). The maximum absolute atomic E-state index is 12.8. The largest absolute Gasteiger partial charge is 0.493 e. The van der Waals surface area contributed by atoms with Crippen molar-refractivity contribution >= 4 is 23.1 Å². The lowest BCUT2D eigenvalue weighted by Gasteiger charge is -2.40. The highest BCUT2D eigenvalue weighted by molar-refractivity contribution is 7.80. The summed E-state index contributed by atoms with van der Waals surface area (Å²) in [5.74, 6) is 1.87. The van der Waals surface area contributed by atoms with Gasteiger partial charge >= 0.3 is 0 Å². The number of ketones is 1. The molecule has 1 aromatic carbocycles. The highest BCUT2D eigenvalue weighted by Gasteiger charge is 2.37. The topological polar surface area (TPSA) is 60.0 Å². The van der Waals surface area contributed by atoms with Gasteiger partial charge in [-0.2, -0.15) is 0 Å². The number of hydrogen-bond donors (Lipinski definition) is 1. The van der Waals surface area contributed by atoms with Crippen LogP contribution >= 0.6 is 12.2 Å². The quantitative estimate of drug-likeness (QED) is 0.748. The zero-order valence-corrected chi connectivity index (χ0v) is 17.1. The third-order valence-electron chi connectivity index (χ3n) is 4.98. The highest BCUT2D eigenvalue weighted by atomic mass is 32.1. The van der Waals surface area contributed by atoms with Crippen LogP contribution in [0.1, 0.15) is 44.7 Å². The number of hydrogen-bond acceptors (Lipinski definition) is 5. The number of rotatable bonds is 6. The van der Waals surface area contributed by atoms with Crippen LogP contribution in [0.4, 0.5) is 0 Å². The number of nitrogens with one attached hydrogen (secondary N) is 1. The van der Waals surface area contributed by atoms with Crippen molar-refractivity contribution in [2.45, 2.75) is 39.2 Å². The lowest BCUT2D eigenvalue weighted by molar-refractivity contribution is -0.116. The second-order valence-electron chi connectivity index (χ2n) is 6.45. The lowest BCUT2D eigenvalue weighted by Crippen LogP contribution is -2.49. The van der Waals surface area contributed by atoms with Crippen LogP contribution in [0.15, 0.2) is 23.4 Å². The van der Waals surface area contributed by atoms with E-state index in [1.165, 1.54) is 0 Å². The average molecular weight is 391 g/mol. The molecule has 2 aliphatic rings. The van der Waals surface area contributed by atoms with Crippen LogP contribution in [0.2, 0.25) is 0 Å². The minimum absolute atomic E-state index is 0.168. The van der Waals surface area contributed by atoms with Gasteiger partial charge in [-0.25, -0.2) is 0 Å². The number of methoxy groups -OCH3 is 2. The van der Waals surface area contributed by atoms with Crippen LogP contribution in [0.5, 0.6) is 17.2 Å². The van der Waals surface area contributed by atoms with Gasteiger partial charge in [0.15, 0.2) is 22.4 Å². The third kappa shape index (κ3) is 3.48. The summed E-state index contributed by atoms with van der Waals surface area (Å²) in [7, 11) is 3.19. The first kappa shape index (κ1) is 19.5. The highest BCUT2D eigenvalue weighted by Crippen LogP contribution is 2.44. The molecular weight excluding hydrogens is 364 g/mol. The van der Waals surface area contributed by atoms with Gasteiger partial charge in [0.1, 0.15) is 0 Å². The number of Topliss-reactive ketones (excluding diaryl/α,β-unsaturated/α-hetero) is 1. The van der Waals surface area contributed by atoms with E-state index in [4.69, 9.17) is 26.4 Å². The van der Waals surface area contributed by atoms with Gasteiger partial charge in [-0.15, -0.1) is 0 Å². The molecule has 0 spiro atoms. The molecule has 7 heteroatoms. The summed E-state index contributed by atoms with van der Waals surface area (Å²) in [5, 5.41) is 3.99. The molecule has 0 bridgehead atoms. The SMILES string of the molecule is CCOc1c(OC)cc(C2NC(=S)N(CC)C3=C2C(=O)CCC3)cc1OC. The molecule has 3 rings (SSSR count). The van der Waals surface area contributed by atoms with Gasteiger partial charge in [-0.1, -0.05) is 0 Å². The minimum atomic E-state index is -0.318. The molecule has 1 unspecified atom stereocenters. The Kier molecular flexibility index (Phi) is 5.89. The summed E-state index contributed by atoms with van der Waals surface area (Å²) in [4.78, 5) is 14.8. The summed E-state index contributed by atoms with van der Waals surface area (Å²) in [6.45, 7) is 5.18. The van der Waals surface area contributed by atoms with Gasteiger partial charge in [-0.3, -0.25) is 4.79 Å². The molecule has 146 valence electrons. The van der Waals surface area contributed by atoms with E-state index in [2.05, 4.69) is 5.32 Å². The molecule has 0 radical (unpaired) electrons. The van der Waals surface area contributed by atoms with Gasteiger partial charge in [-0.05, 0) is 56.6 Å². The number of thiocarbonyl (C=S) groups is 1. The van der Waals surface area contributed by atoms with Crippen molar-refractivity contribution in [3.63, 3.8) is 0 Å². The van der Waals surface area contributed by atoms with Gasteiger partial charge in [0.2, 0.25) is 5.75 Å². The van der Waals surface area contributed by atoms with E-state index >= 15 is 0 Å². The summed E-state index contributed by atoms with van der Waals surface area (Å²) >= 11 is 5.58. The van der Waals surface area contributed by atoms with Crippen molar-refractivity contribution < 1.29 is 19.0 Å². The van der Waals surface area contributed by atoms with Crippen molar-refractivity contribution in [2.24, 2.45) is 0 Å². The number of carbonyl (C=O) groups excluding carboxylic acids is 1. The molecule has 0 fully saturated rings. The Morgan fingerprint density at radius 1 is 1.19 bits per heavy atom. The van der Waals surface area contributed by atoms with Crippen LogP contribution in [-0.4, -0.2) is 43.2 Å². The van der Waals surface area contributed by atoms with E-state index in [1.54, 1.807) is 14.2 Å². The van der Waals surface area contributed by atoms with E-state index in [9.17, 15) is 4.79 Å². The number of carbonyl (C=O) groups is 1. The number of benzene rings is 1. The van der Waals surface area contributed by atoms with Gasteiger partial charge < -0.3 is 24.4 Å². The molecule has 6 nitrogen and oxygen atoms in total. The minimum Gasteiger partial charge on any atom is -0.493 e. The first-order chi connectivity index (χ1) is 13.0. The fourth-order valence-corrected chi connectivity index (χ4v) is 4.15. The van der Waals surface area contributed by atoms with Crippen molar-refractivity contribution in [3.8, 4) is 17.2 Å². The van der Waals surface area contributed by atoms with E-state index < -0.39 is 0 Å². The molecule has 1 aromatic rings. The van der Waals surface area contributed by atoms with Crippen LogP contribution < -0.4 is 19.5 Å². The first-order valence-electron chi connectivity index (χ1n) is 9.28. The van der Waals surface area contributed by atoms with Crippen molar-refractivity contribution in [3.05, 3.63) is 29.0 Å². The first-order valence-corrected chi connectivity index (χ1v) is 9.69. The number of allylic oxidation sites excluding steroid dienone is 1. The molecule has 1 N–H and O–H groups in total. The summed E-state index contributed by atoms with van der Waals surface area (Å²) in [6.07, 6.45) is 2.28. The van der Waals surface area contributed by atoms with E-state index in [0.29, 0.717) is 35.4 Å². The Morgan fingerprint density at radius 2 is 1.85 bits per heavy atom. The van der Waals surface area contributed by atoms with E-state index in [0.717, 1.165) is 36.2 Å². The van der Waals surface area contributed by atoms with Gasteiger partial charge in [0.05, 0.1) is 26.9 Å². The van der Waals surface area contributed by atoms with Crippen molar-refractivity contribution in [1.82, 2.24) is 10.2 Å². The van der Waals surface area contributed by atoms with Gasteiger partial charge in [0, 0.05) is 24.2 Å². The summed E-state index contributed by atoms with van der Waals surface area (Å²) in [5.41, 5.74) is 2.70. The van der Waals surface area contributed by atoms with E-state index in [-0.39, 0.29) is 11.8 Å². The number of ether oxygens (including phenoxy) is 3. The maximum atomic E-state index is 12.8. The Bertz CT molecular complexity index is 765. The molecule has 27 heavy (non-hydrogen) atoms. The molecule has 1 heterocycles. The summed E-state index contributed by atoms with van der Waals surface area (Å²) < 4.78 is 16.7. The smallest absolute Gasteiger partial charge is 0.203 e. The zero-order valence-electron chi connectivity index (χ0n) is 16.3. The molecule has 0 amide bonds. The molecule has 1 aliphatic heterocycles. The van der Waals surface area contributed by atoms with Crippen molar-refractivity contribution in [2.75, 3.05) is 27.4 Å². The third-order valence-corrected chi connectivity index (χ3v) is 5.32. The van der Waals surface area contributed by atoms with Crippen LogP contribution in [0.25, 0.3) is 0 Å². The Balaban J connectivity index is 2.14. The Morgan fingerprint density at radius 3 is 2.41 bits per heavy atom. The van der Waals surface area contributed by atoms with Crippen molar-refractivity contribution in [1.29, 1.82) is 0 Å². The maximum Gasteiger partial charge on any atom is 0.203 e.